The van der Waals surface area contributed by atoms with Gasteiger partial charge in [-0.2, -0.15) is 0 Å². The van der Waals surface area contributed by atoms with Crippen molar-refractivity contribution in [2.45, 2.75) is 57.7 Å². The van der Waals surface area contributed by atoms with Gasteiger partial charge in [0.2, 0.25) is 5.91 Å². The van der Waals surface area contributed by atoms with E-state index in [1.54, 1.807) is 6.92 Å². The number of pyridine rings is 1. The van der Waals surface area contributed by atoms with Gasteiger partial charge in [0.15, 0.2) is 0 Å². The molecule has 0 bridgehead atoms. The third-order valence-electron chi connectivity index (χ3n) is 5.26. The van der Waals surface area contributed by atoms with Crippen LogP contribution in [0.1, 0.15) is 43.0 Å². The monoisotopic (exact) mass is 357 g/mol. The van der Waals surface area contributed by atoms with E-state index in [1.165, 1.54) is 23.5 Å². The summed E-state index contributed by atoms with van der Waals surface area (Å²) in [5.41, 5.74) is 1.26. The van der Waals surface area contributed by atoms with E-state index < -0.39 is 0 Å². The lowest BCUT2D eigenvalue weighted by Crippen LogP contribution is -2.41. The number of carbonyl (C=O) groups excluding carboxylic acids is 1. The van der Waals surface area contributed by atoms with Gasteiger partial charge < -0.3 is 14.6 Å². The van der Waals surface area contributed by atoms with E-state index in [9.17, 15) is 14.7 Å². The number of likely N-dealkylation sites (tertiary alicyclic amines) is 1. The van der Waals surface area contributed by atoms with Crippen LogP contribution in [0.15, 0.2) is 23.1 Å². The first-order chi connectivity index (χ1) is 12.5. The van der Waals surface area contributed by atoms with Crippen LogP contribution in [0, 0.1) is 6.92 Å². The molecule has 1 N–H and O–H groups in total. The molecule has 1 saturated heterocycles. The zero-order chi connectivity index (χ0) is 18.3. The lowest BCUT2D eigenvalue weighted by Gasteiger charge is -2.25. The van der Waals surface area contributed by atoms with Crippen molar-refractivity contribution in [1.82, 2.24) is 24.5 Å². The molecular weight excluding hydrogens is 334 g/mol. The highest BCUT2D eigenvalue weighted by molar-refractivity contribution is 5.76. The molecule has 2 aliphatic rings. The van der Waals surface area contributed by atoms with Crippen molar-refractivity contribution in [3.05, 3.63) is 40.1 Å². The van der Waals surface area contributed by atoms with E-state index in [0.29, 0.717) is 24.7 Å². The predicted octanol–water partition coefficient (Wildman–Crippen LogP) is 1.02. The van der Waals surface area contributed by atoms with Crippen molar-refractivity contribution < 1.29 is 9.90 Å². The SMILES string of the molecule is Cc1cc(O)cc(=O)n1CC(=O)N1CCC[C@H]1Cn1cc(C2CC2)nn1. The minimum atomic E-state index is -0.364. The average Bonchev–Trinajstić information content (AvgIpc) is 3.15. The minimum absolute atomic E-state index is 0.00781. The average molecular weight is 357 g/mol. The Morgan fingerprint density at radius 3 is 2.85 bits per heavy atom. The van der Waals surface area contributed by atoms with Crippen LogP contribution in [0.4, 0.5) is 0 Å². The van der Waals surface area contributed by atoms with E-state index >= 15 is 0 Å². The molecule has 1 aliphatic heterocycles. The summed E-state index contributed by atoms with van der Waals surface area (Å²) < 4.78 is 3.24. The maximum absolute atomic E-state index is 12.8. The maximum atomic E-state index is 12.8. The summed E-state index contributed by atoms with van der Waals surface area (Å²) >= 11 is 0. The predicted molar refractivity (Wildman–Crippen MR) is 93.8 cm³/mol. The summed E-state index contributed by atoms with van der Waals surface area (Å²) in [5.74, 6) is 0.410. The molecule has 2 aromatic heterocycles. The van der Waals surface area contributed by atoms with Gasteiger partial charge in [0.25, 0.3) is 5.56 Å². The molecule has 26 heavy (non-hydrogen) atoms. The highest BCUT2D eigenvalue weighted by atomic mass is 16.3. The number of hydrogen-bond acceptors (Lipinski definition) is 5. The fourth-order valence-corrected chi connectivity index (χ4v) is 3.68. The molecule has 0 spiro atoms. The number of aryl methyl sites for hydroxylation is 1. The largest absolute Gasteiger partial charge is 0.508 e. The second-order valence-corrected chi connectivity index (χ2v) is 7.30. The highest BCUT2D eigenvalue weighted by Crippen LogP contribution is 2.38. The topological polar surface area (TPSA) is 93.2 Å². The Morgan fingerprint density at radius 2 is 2.12 bits per heavy atom. The van der Waals surface area contributed by atoms with Crippen LogP contribution >= 0.6 is 0 Å². The second kappa shape index (κ2) is 6.59. The molecule has 0 aromatic carbocycles. The molecule has 8 nitrogen and oxygen atoms in total. The normalized spacial score (nSPS) is 19.9. The second-order valence-electron chi connectivity index (χ2n) is 7.30. The molecule has 138 valence electrons. The third kappa shape index (κ3) is 3.36. The molecule has 2 aromatic rings. The number of nitrogens with zero attached hydrogens (tertiary/aromatic N) is 5. The Kier molecular flexibility index (Phi) is 4.26. The molecule has 2 fully saturated rings. The van der Waals surface area contributed by atoms with Crippen molar-refractivity contribution in [1.29, 1.82) is 0 Å². The van der Waals surface area contributed by atoms with Crippen LogP contribution in [0.25, 0.3) is 0 Å². The molecule has 0 radical (unpaired) electrons. The van der Waals surface area contributed by atoms with Crippen molar-refractivity contribution in [2.24, 2.45) is 0 Å². The van der Waals surface area contributed by atoms with Gasteiger partial charge in [-0.25, -0.2) is 0 Å². The minimum Gasteiger partial charge on any atom is -0.508 e. The van der Waals surface area contributed by atoms with Gasteiger partial charge in [0.1, 0.15) is 12.3 Å². The molecular formula is C18H23N5O3. The van der Waals surface area contributed by atoms with Crippen LogP contribution < -0.4 is 5.56 Å². The van der Waals surface area contributed by atoms with E-state index in [0.717, 1.165) is 24.6 Å². The van der Waals surface area contributed by atoms with Crippen molar-refractivity contribution in [2.75, 3.05) is 6.54 Å². The van der Waals surface area contributed by atoms with Gasteiger partial charge >= 0.3 is 0 Å². The Balaban J connectivity index is 1.45. The van der Waals surface area contributed by atoms with Crippen molar-refractivity contribution in [3.8, 4) is 5.75 Å². The molecule has 1 atom stereocenters. The van der Waals surface area contributed by atoms with Crippen LogP contribution in [-0.4, -0.2) is 48.1 Å². The molecule has 0 unspecified atom stereocenters. The van der Waals surface area contributed by atoms with E-state index in [2.05, 4.69) is 10.3 Å². The van der Waals surface area contributed by atoms with Crippen LogP contribution in [0.2, 0.25) is 0 Å². The molecule has 8 heteroatoms. The Hall–Kier alpha value is -2.64. The zero-order valence-corrected chi connectivity index (χ0v) is 14.8. The first kappa shape index (κ1) is 16.8. The molecule has 1 amide bonds. The molecule has 1 aliphatic carbocycles. The molecule has 4 rings (SSSR count). The summed E-state index contributed by atoms with van der Waals surface area (Å²) in [7, 11) is 0. The quantitative estimate of drug-likeness (QED) is 0.862. The van der Waals surface area contributed by atoms with E-state index in [4.69, 9.17) is 0 Å². The van der Waals surface area contributed by atoms with E-state index in [1.807, 2.05) is 15.8 Å². The first-order valence-electron chi connectivity index (χ1n) is 9.11. The van der Waals surface area contributed by atoms with Crippen LogP contribution in [0.5, 0.6) is 5.75 Å². The Labute approximate surface area is 151 Å². The molecule has 1 saturated carbocycles. The number of aromatic nitrogens is 4. The summed E-state index contributed by atoms with van der Waals surface area (Å²) in [5, 5.41) is 17.9. The number of amides is 1. The summed E-state index contributed by atoms with van der Waals surface area (Å²) in [6.07, 6.45) is 6.24. The lowest BCUT2D eigenvalue weighted by molar-refractivity contribution is -0.133. The van der Waals surface area contributed by atoms with Gasteiger partial charge in [-0.05, 0) is 38.7 Å². The number of aromatic hydroxyl groups is 1. The summed E-state index contributed by atoms with van der Waals surface area (Å²) in [4.78, 5) is 26.7. The number of rotatable bonds is 5. The van der Waals surface area contributed by atoms with Crippen LogP contribution in [0.3, 0.4) is 0 Å². The van der Waals surface area contributed by atoms with Gasteiger partial charge in [0.05, 0.1) is 18.3 Å². The van der Waals surface area contributed by atoms with Crippen molar-refractivity contribution >= 4 is 5.91 Å². The van der Waals surface area contributed by atoms with Gasteiger partial charge in [-0.1, -0.05) is 5.21 Å². The smallest absolute Gasteiger partial charge is 0.254 e. The Morgan fingerprint density at radius 1 is 1.31 bits per heavy atom. The highest BCUT2D eigenvalue weighted by Gasteiger charge is 2.31. The van der Waals surface area contributed by atoms with Gasteiger partial charge in [-0.3, -0.25) is 14.3 Å². The fourth-order valence-electron chi connectivity index (χ4n) is 3.68. The number of hydrogen-bond donors (Lipinski definition) is 1. The molecule has 3 heterocycles. The van der Waals surface area contributed by atoms with E-state index in [-0.39, 0.29) is 29.8 Å². The lowest BCUT2D eigenvalue weighted by atomic mass is 10.2. The summed E-state index contributed by atoms with van der Waals surface area (Å²) in [6.45, 7) is 3.03. The zero-order valence-electron chi connectivity index (χ0n) is 14.8. The Bertz CT molecular complexity index is 883. The first-order valence-corrected chi connectivity index (χ1v) is 9.11. The number of carbonyl (C=O) groups is 1. The third-order valence-corrected chi connectivity index (χ3v) is 5.26. The van der Waals surface area contributed by atoms with Gasteiger partial charge in [-0.15, -0.1) is 5.10 Å². The summed E-state index contributed by atoms with van der Waals surface area (Å²) in [6, 6.07) is 2.70. The van der Waals surface area contributed by atoms with Crippen molar-refractivity contribution in [3.63, 3.8) is 0 Å². The standard InChI is InChI=1S/C18H23N5O3/c1-12-7-15(24)8-17(25)23(12)11-18(26)22-6-2-3-14(22)9-21-10-16(19-20-21)13-4-5-13/h7-8,10,13-14,24H,2-6,9,11H2,1H3/t14-/m0/s1. The van der Waals surface area contributed by atoms with Gasteiger partial charge in [0, 0.05) is 30.4 Å². The fraction of sp³-hybridized carbons (Fsp3) is 0.556. The maximum Gasteiger partial charge on any atom is 0.254 e. The van der Waals surface area contributed by atoms with Crippen LogP contribution in [-0.2, 0) is 17.9 Å².